The van der Waals surface area contributed by atoms with Gasteiger partial charge < -0.3 is 5.32 Å². The topological polar surface area (TPSA) is 49.4 Å². The minimum absolute atomic E-state index is 0.196. The summed E-state index contributed by atoms with van der Waals surface area (Å²) < 4.78 is 26.0. The van der Waals surface area contributed by atoms with Crippen molar-refractivity contribution in [3.63, 3.8) is 0 Å². The summed E-state index contributed by atoms with van der Waals surface area (Å²) in [6.45, 7) is 11.9. The molecule has 1 atom stereocenters. The lowest BCUT2D eigenvalue weighted by Gasteiger charge is -2.34. The molecule has 1 fully saturated rings. The number of rotatable bonds is 7. The van der Waals surface area contributed by atoms with E-state index in [0.717, 1.165) is 12.8 Å². The summed E-state index contributed by atoms with van der Waals surface area (Å²) in [5.41, 5.74) is 0. The van der Waals surface area contributed by atoms with Crippen molar-refractivity contribution in [1.82, 2.24) is 9.62 Å². The fourth-order valence-electron chi connectivity index (χ4n) is 3.00. The Morgan fingerprint density at radius 2 is 1.60 bits per heavy atom. The average Bonchev–Trinajstić information content (AvgIpc) is 2.26. The molecule has 20 heavy (non-hydrogen) atoms. The van der Waals surface area contributed by atoms with Gasteiger partial charge in [-0.15, -0.1) is 0 Å². The Morgan fingerprint density at radius 3 is 2.05 bits per heavy atom. The van der Waals surface area contributed by atoms with Gasteiger partial charge in [0.2, 0.25) is 10.0 Å². The van der Waals surface area contributed by atoms with Crippen molar-refractivity contribution in [3.05, 3.63) is 0 Å². The van der Waals surface area contributed by atoms with Crippen molar-refractivity contribution in [2.45, 2.75) is 66.0 Å². The number of hydrogen-bond acceptors (Lipinski definition) is 3. The van der Waals surface area contributed by atoms with Crippen LogP contribution in [0.25, 0.3) is 0 Å². The minimum Gasteiger partial charge on any atom is -0.311 e. The minimum atomic E-state index is -3.05. The molecule has 120 valence electrons. The highest BCUT2D eigenvalue weighted by molar-refractivity contribution is 7.89. The van der Waals surface area contributed by atoms with Crippen LogP contribution in [0.3, 0.4) is 0 Å². The number of piperidine rings is 1. The van der Waals surface area contributed by atoms with Gasteiger partial charge in [-0.05, 0) is 38.0 Å². The zero-order valence-corrected chi connectivity index (χ0v) is 14.5. The van der Waals surface area contributed by atoms with E-state index in [-0.39, 0.29) is 11.7 Å². The van der Waals surface area contributed by atoms with Gasteiger partial charge in [0.1, 0.15) is 0 Å². The molecule has 0 aromatic carbocycles. The van der Waals surface area contributed by atoms with E-state index in [1.807, 2.05) is 13.8 Å². The molecule has 0 spiro atoms. The second kappa shape index (κ2) is 7.76. The van der Waals surface area contributed by atoms with Crippen LogP contribution in [0.15, 0.2) is 0 Å². The van der Waals surface area contributed by atoms with Gasteiger partial charge in [-0.25, -0.2) is 12.7 Å². The maximum Gasteiger partial charge on any atom is 0.214 e. The maximum atomic E-state index is 12.2. The molecule has 4 nitrogen and oxygen atoms in total. The second-order valence-corrected chi connectivity index (χ2v) is 9.06. The van der Waals surface area contributed by atoms with E-state index in [0.29, 0.717) is 31.1 Å². The lowest BCUT2D eigenvalue weighted by atomic mass is 10.0. The van der Waals surface area contributed by atoms with Crippen molar-refractivity contribution < 1.29 is 8.42 Å². The van der Waals surface area contributed by atoms with Gasteiger partial charge in [0, 0.05) is 25.2 Å². The fraction of sp³-hybridized carbons (Fsp3) is 1.00. The molecule has 1 rings (SSSR count). The van der Waals surface area contributed by atoms with Crippen molar-refractivity contribution >= 4 is 10.0 Å². The molecule has 0 bridgehead atoms. The van der Waals surface area contributed by atoms with Crippen LogP contribution in [0.5, 0.6) is 0 Å². The molecule has 0 aromatic rings. The monoisotopic (exact) mass is 304 g/mol. The van der Waals surface area contributed by atoms with Crippen LogP contribution in [0, 0.1) is 11.8 Å². The molecular formula is C15H32N2O2S. The Balaban J connectivity index is 2.40. The molecule has 1 N–H and O–H groups in total. The highest BCUT2D eigenvalue weighted by atomic mass is 32.2. The Bertz CT molecular complexity index is 371. The first-order valence-electron chi connectivity index (χ1n) is 7.94. The molecule has 1 aliphatic heterocycles. The summed E-state index contributed by atoms with van der Waals surface area (Å²) in [5, 5.41) is 3.64. The molecule has 1 heterocycles. The van der Waals surface area contributed by atoms with E-state index in [9.17, 15) is 8.42 Å². The predicted octanol–water partition coefficient (Wildman–Crippen LogP) is 2.46. The van der Waals surface area contributed by atoms with Gasteiger partial charge in [-0.3, -0.25) is 0 Å². The summed E-state index contributed by atoms with van der Waals surface area (Å²) in [7, 11) is -3.05. The second-order valence-electron chi connectivity index (χ2n) is 7.04. The molecule has 0 saturated carbocycles. The van der Waals surface area contributed by atoms with Crippen LogP contribution in [0.4, 0.5) is 0 Å². The Labute approximate surface area is 125 Å². The van der Waals surface area contributed by atoms with E-state index in [4.69, 9.17) is 0 Å². The summed E-state index contributed by atoms with van der Waals surface area (Å²) >= 11 is 0. The normalized spacial score (nSPS) is 20.8. The SMILES string of the molecule is CC(C)CC(C)NC1CCN(S(=O)(=O)CC(C)C)CC1. The fourth-order valence-corrected chi connectivity index (χ4v) is 4.83. The molecule has 5 heteroatoms. The van der Waals surface area contributed by atoms with Crippen molar-refractivity contribution in [1.29, 1.82) is 0 Å². The van der Waals surface area contributed by atoms with Crippen LogP contribution in [-0.4, -0.2) is 43.6 Å². The van der Waals surface area contributed by atoms with Crippen molar-refractivity contribution in [3.8, 4) is 0 Å². The zero-order valence-electron chi connectivity index (χ0n) is 13.7. The van der Waals surface area contributed by atoms with Gasteiger partial charge in [-0.1, -0.05) is 27.7 Å². The molecule has 1 aliphatic rings. The largest absolute Gasteiger partial charge is 0.311 e. The Kier molecular flexibility index (Phi) is 6.95. The highest BCUT2D eigenvalue weighted by Crippen LogP contribution is 2.17. The third-order valence-electron chi connectivity index (χ3n) is 3.74. The van der Waals surface area contributed by atoms with Crippen LogP contribution in [0.2, 0.25) is 0 Å². The first kappa shape index (κ1) is 17.9. The summed E-state index contributed by atoms with van der Waals surface area (Å²) in [6, 6.07) is 0.980. The van der Waals surface area contributed by atoms with E-state index in [1.54, 1.807) is 4.31 Å². The van der Waals surface area contributed by atoms with E-state index < -0.39 is 10.0 Å². The van der Waals surface area contributed by atoms with Gasteiger partial charge in [-0.2, -0.15) is 0 Å². The molecular weight excluding hydrogens is 272 g/mol. The first-order chi connectivity index (χ1) is 9.20. The lowest BCUT2D eigenvalue weighted by molar-refractivity contribution is 0.267. The van der Waals surface area contributed by atoms with Crippen LogP contribution in [-0.2, 0) is 10.0 Å². The third-order valence-corrected chi connectivity index (χ3v) is 5.98. The maximum absolute atomic E-state index is 12.2. The molecule has 1 saturated heterocycles. The smallest absolute Gasteiger partial charge is 0.214 e. The molecule has 0 amide bonds. The van der Waals surface area contributed by atoms with Gasteiger partial charge >= 0.3 is 0 Å². The van der Waals surface area contributed by atoms with E-state index >= 15 is 0 Å². The quantitative estimate of drug-likeness (QED) is 0.786. The zero-order chi connectivity index (χ0) is 15.3. The van der Waals surface area contributed by atoms with Crippen LogP contribution >= 0.6 is 0 Å². The number of nitrogens with zero attached hydrogens (tertiary/aromatic N) is 1. The van der Waals surface area contributed by atoms with Gasteiger partial charge in [0.25, 0.3) is 0 Å². The Hall–Kier alpha value is -0.130. The van der Waals surface area contributed by atoms with Gasteiger partial charge in [0.15, 0.2) is 0 Å². The molecule has 0 aromatic heterocycles. The highest BCUT2D eigenvalue weighted by Gasteiger charge is 2.28. The van der Waals surface area contributed by atoms with Crippen LogP contribution in [0.1, 0.15) is 53.9 Å². The van der Waals surface area contributed by atoms with E-state index in [1.165, 1.54) is 6.42 Å². The Morgan fingerprint density at radius 1 is 1.05 bits per heavy atom. The number of sulfonamides is 1. The molecule has 1 unspecified atom stereocenters. The standard InChI is InChI=1S/C15H32N2O2S/c1-12(2)10-14(5)16-15-6-8-17(9-7-15)20(18,19)11-13(3)4/h12-16H,6-11H2,1-5H3. The summed E-state index contributed by atoms with van der Waals surface area (Å²) in [5.74, 6) is 1.17. The predicted molar refractivity (Wildman–Crippen MR) is 85.3 cm³/mol. The summed E-state index contributed by atoms with van der Waals surface area (Å²) in [6.07, 6.45) is 3.03. The summed E-state index contributed by atoms with van der Waals surface area (Å²) in [4.78, 5) is 0. The number of nitrogens with one attached hydrogen (secondary N) is 1. The average molecular weight is 305 g/mol. The van der Waals surface area contributed by atoms with Crippen molar-refractivity contribution in [2.75, 3.05) is 18.8 Å². The lowest BCUT2D eigenvalue weighted by Crippen LogP contribution is -2.48. The number of hydrogen-bond donors (Lipinski definition) is 1. The molecule has 0 aliphatic carbocycles. The third kappa shape index (κ3) is 6.10. The molecule has 0 radical (unpaired) electrons. The van der Waals surface area contributed by atoms with Crippen LogP contribution < -0.4 is 5.32 Å². The van der Waals surface area contributed by atoms with Crippen molar-refractivity contribution in [2.24, 2.45) is 11.8 Å². The first-order valence-corrected chi connectivity index (χ1v) is 9.55. The van der Waals surface area contributed by atoms with Gasteiger partial charge in [0.05, 0.1) is 5.75 Å². The van der Waals surface area contributed by atoms with E-state index in [2.05, 4.69) is 26.1 Å².